The molecule has 0 spiro atoms. The van der Waals surface area contributed by atoms with Gasteiger partial charge in [0.1, 0.15) is 0 Å². The number of nitrogens with one attached hydrogen (secondary N) is 2. The largest absolute Gasteiger partial charge is 0.317 e. The van der Waals surface area contributed by atoms with E-state index in [0.717, 1.165) is 32.4 Å². The normalized spacial score (nSPS) is 34.4. The summed E-state index contributed by atoms with van der Waals surface area (Å²) in [6, 6.07) is 0.217. The van der Waals surface area contributed by atoms with Crippen LogP contribution in [0.1, 0.15) is 26.2 Å². The summed E-state index contributed by atoms with van der Waals surface area (Å²) in [5.74, 6) is 0.534. The Hall–Kier alpha value is -0.130. The molecule has 4 nitrogen and oxygen atoms in total. The van der Waals surface area contributed by atoms with E-state index >= 15 is 0 Å². The molecule has 0 aromatic rings. The van der Waals surface area contributed by atoms with E-state index in [0.29, 0.717) is 5.92 Å². The van der Waals surface area contributed by atoms with Crippen molar-refractivity contribution in [2.45, 2.75) is 37.5 Å². The quantitative estimate of drug-likeness (QED) is 0.704. The van der Waals surface area contributed by atoms with Crippen LogP contribution < -0.4 is 10.0 Å². The first-order valence-corrected chi connectivity index (χ1v) is 6.86. The molecule has 1 aliphatic heterocycles. The van der Waals surface area contributed by atoms with Crippen LogP contribution >= 0.6 is 0 Å². The molecule has 0 aromatic carbocycles. The first kappa shape index (κ1) is 10.4. The van der Waals surface area contributed by atoms with Crippen molar-refractivity contribution in [3.63, 3.8) is 0 Å². The minimum Gasteiger partial charge on any atom is -0.317 e. The highest BCUT2D eigenvalue weighted by Crippen LogP contribution is 2.30. The van der Waals surface area contributed by atoms with Gasteiger partial charge in [-0.3, -0.25) is 0 Å². The third-order valence-corrected chi connectivity index (χ3v) is 5.13. The lowest BCUT2D eigenvalue weighted by Gasteiger charge is -2.22. The Labute approximate surface area is 85.5 Å². The van der Waals surface area contributed by atoms with Gasteiger partial charge in [-0.2, -0.15) is 0 Å². The zero-order valence-corrected chi connectivity index (χ0v) is 9.31. The van der Waals surface area contributed by atoms with Crippen molar-refractivity contribution in [2.75, 3.05) is 13.1 Å². The fourth-order valence-corrected chi connectivity index (χ4v) is 3.70. The maximum Gasteiger partial charge on any atom is 0.214 e. The predicted octanol–water partition coefficient (Wildman–Crippen LogP) is 0.0662. The van der Waals surface area contributed by atoms with Crippen molar-refractivity contribution >= 4 is 10.0 Å². The number of rotatable bonds is 3. The van der Waals surface area contributed by atoms with Crippen LogP contribution in [-0.2, 0) is 10.0 Å². The van der Waals surface area contributed by atoms with Gasteiger partial charge in [0, 0.05) is 6.04 Å². The molecule has 14 heavy (non-hydrogen) atoms. The lowest BCUT2D eigenvalue weighted by atomic mass is 10.2. The van der Waals surface area contributed by atoms with Crippen LogP contribution in [0, 0.1) is 5.92 Å². The molecule has 2 unspecified atom stereocenters. The number of hydrogen-bond acceptors (Lipinski definition) is 3. The molecule has 1 saturated carbocycles. The smallest absolute Gasteiger partial charge is 0.214 e. The minimum absolute atomic E-state index is 0.170. The van der Waals surface area contributed by atoms with Crippen LogP contribution in [0.5, 0.6) is 0 Å². The van der Waals surface area contributed by atoms with Crippen molar-refractivity contribution in [3.05, 3.63) is 0 Å². The average Bonchev–Trinajstić information content (AvgIpc) is 2.82. The van der Waals surface area contributed by atoms with Crippen LogP contribution in [-0.4, -0.2) is 32.8 Å². The van der Waals surface area contributed by atoms with E-state index < -0.39 is 10.0 Å². The third-order valence-electron chi connectivity index (χ3n) is 3.15. The first-order chi connectivity index (χ1) is 6.59. The van der Waals surface area contributed by atoms with Crippen LogP contribution in [0.4, 0.5) is 0 Å². The fraction of sp³-hybridized carbons (Fsp3) is 1.00. The Morgan fingerprint density at radius 2 is 1.86 bits per heavy atom. The van der Waals surface area contributed by atoms with E-state index in [1.165, 1.54) is 0 Å². The molecule has 2 rings (SSSR count). The Morgan fingerprint density at radius 1 is 1.29 bits per heavy atom. The van der Waals surface area contributed by atoms with Gasteiger partial charge in [0.25, 0.3) is 0 Å². The van der Waals surface area contributed by atoms with Crippen molar-refractivity contribution in [1.29, 1.82) is 0 Å². The molecule has 2 atom stereocenters. The topological polar surface area (TPSA) is 58.2 Å². The van der Waals surface area contributed by atoms with Gasteiger partial charge in [0.2, 0.25) is 10.0 Å². The maximum absolute atomic E-state index is 11.8. The van der Waals surface area contributed by atoms with E-state index in [1.807, 2.05) is 0 Å². The highest BCUT2D eigenvalue weighted by Gasteiger charge is 2.38. The molecular weight excluding hydrogens is 200 g/mol. The SMILES string of the molecule is CC1CC1NS(=O)(=O)C1CCNCC1. The highest BCUT2D eigenvalue weighted by atomic mass is 32.2. The molecule has 5 heteroatoms. The van der Waals surface area contributed by atoms with Crippen molar-refractivity contribution in [1.82, 2.24) is 10.0 Å². The summed E-state index contributed by atoms with van der Waals surface area (Å²) in [6.45, 7) is 3.73. The monoisotopic (exact) mass is 218 g/mol. The Balaban J connectivity index is 1.93. The van der Waals surface area contributed by atoms with Gasteiger partial charge < -0.3 is 5.32 Å². The zero-order valence-electron chi connectivity index (χ0n) is 8.49. The van der Waals surface area contributed by atoms with E-state index in [-0.39, 0.29) is 11.3 Å². The number of piperidine rings is 1. The molecule has 2 fully saturated rings. The van der Waals surface area contributed by atoms with E-state index in [9.17, 15) is 8.42 Å². The second-order valence-electron chi connectivity index (χ2n) is 4.43. The third kappa shape index (κ3) is 2.27. The van der Waals surface area contributed by atoms with Gasteiger partial charge in [0.05, 0.1) is 5.25 Å². The summed E-state index contributed by atoms with van der Waals surface area (Å²) in [4.78, 5) is 0. The van der Waals surface area contributed by atoms with Gasteiger partial charge in [-0.1, -0.05) is 6.92 Å². The second-order valence-corrected chi connectivity index (χ2v) is 6.42. The molecule has 2 aliphatic rings. The Morgan fingerprint density at radius 3 is 2.36 bits per heavy atom. The van der Waals surface area contributed by atoms with Crippen LogP contribution in [0.15, 0.2) is 0 Å². The zero-order chi connectivity index (χ0) is 10.2. The van der Waals surface area contributed by atoms with Gasteiger partial charge in [-0.05, 0) is 38.3 Å². The number of hydrogen-bond donors (Lipinski definition) is 2. The van der Waals surface area contributed by atoms with E-state index in [4.69, 9.17) is 0 Å². The fourth-order valence-electron chi connectivity index (χ4n) is 1.90. The Kier molecular flexibility index (Phi) is 2.81. The molecule has 0 amide bonds. The summed E-state index contributed by atoms with van der Waals surface area (Å²) in [5.41, 5.74) is 0. The average molecular weight is 218 g/mol. The summed E-state index contributed by atoms with van der Waals surface area (Å²) < 4.78 is 26.5. The summed E-state index contributed by atoms with van der Waals surface area (Å²) in [5, 5.41) is 3.00. The summed E-state index contributed by atoms with van der Waals surface area (Å²) in [7, 11) is -3.04. The molecular formula is C9H18N2O2S. The highest BCUT2D eigenvalue weighted by molar-refractivity contribution is 7.90. The predicted molar refractivity (Wildman–Crippen MR) is 55.5 cm³/mol. The molecule has 82 valence electrons. The lowest BCUT2D eigenvalue weighted by Crippen LogP contribution is -2.42. The molecule has 2 N–H and O–H groups in total. The molecule has 1 heterocycles. The minimum atomic E-state index is -3.04. The van der Waals surface area contributed by atoms with Crippen LogP contribution in [0.2, 0.25) is 0 Å². The maximum atomic E-state index is 11.8. The Bertz CT molecular complexity index is 296. The van der Waals surface area contributed by atoms with Crippen molar-refractivity contribution < 1.29 is 8.42 Å². The number of sulfonamides is 1. The lowest BCUT2D eigenvalue weighted by molar-refractivity contribution is 0.488. The van der Waals surface area contributed by atoms with Gasteiger partial charge in [-0.15, -0.1) is 0 Å². The molecule has 1 aliphatic carbocycles. The molecule has 0 aromatic heterocycles. The van der Waals surface area contributed by atoms with Crippen molar-refractivity contribution in [2.24, 2.45) is 5.92 Å². The van der Waals surface area contributed by atoms with Gasteiger partial charge in [-0.25, -0.2) is 13.1 Å². The van der Waals surface area contributed by atoms with Gasteiger partial charge in [0.15, 0.2) is 0 Å². The summed E-state index contributed by atoms with van der Waals surface area (Å²) >= 11 is 0. The van der Waals surface area contributed by atoms with Gasteiger partial charge >= 0.3 is 0 Å². The van der Waals surface area contributed by atoms with E-state index in [2.05, 4.69) is 17.0 Å². The van der Waals surface area contributed by atoms with Crippen LogP contribution in [0.25, 0.3) is 0 Å². The molecule has 0 bridgehead atoms. The molecule has 1 saturated heterocycles. The standard InChI is InChI=1S/C9H18N2O2S/c1-7-6-9(7)11-14(12,13)8-2-4-10-5-3-8/h7-11H,2-6H2,1H3. The van der Waals surface area contributed by atoms with Crippen LogP contribution in [0.3, 0.4) is 0 Å². The van der Waals surface area contributed by atoms with E-state index in [1.54, 1.807) is 0 Å². The second kappa shape index (κ2) is 3.79. The van der Waals surface area contributed by atoms with Crippen molar-refractivity contribution in [3.8, 4) is 0 Å². The molecule has 0 radical (unpaired) electrons. The first-order valence-electron chi connectivity index (χ1n) is 5.31. The summed E-state index contributed by atoms with van der Waals surface area (Å²) in [6.07, 6.45) is 2.50.